The van der Waals surface area contributed by atoms with Crippen molar-refractivity contribution in [2.24, 2.45) is 0 Å². The SMILES string of the molecule is FC(F)(F)c1cccc2c(-c3ccccc3)n(Cc3ccccc3)nc12. The molecule has 3 aromatic carbocycles. The van der Waals surface area contributed by atoms with Gasteiger partial charge in [-0.15, -0.1) is 0 Å². The van der Waals surface area contributed by atoms with Gasteiger partial charge in [0.1, 0.15) is 5.52 Å². The van der Waals surface area contributed by atoms with E-state index in [9.17, 15) is 13.2 Å². The molecule has 0 bridgehead atoms. The van der Waals surface area contributed by atoms with Crippen molar-refractivity contribution in [2.75, 3.05) is 0 Å². The van der Waals surface area contributed by atoms with E-state index in [1.165, 1.54) is 6.07 Å². The molecule has 4 aromatic rings. The van der Waals surface area contributed by atoms with Gasteiger partial charge in [0.2, 0.25) is 0 Å². The normalized spacial score (nSPS) is 11.8. The van der Waals surface area contributed by atoms with Crippen LogP contribution in [0.4, 0.5) is 13.2 Å². The van der Waals surface area contributed by atoms with Crippen LogP contribution in [0.3, 0.4) is 0 Å². The first-order valence-electron chi connectivity index (χ1n) is 8.20. The van der Waals surface area contributed by atoms with Crippen molar-refractivity contribution in [1.29, 1.82) is 0 Å². The highest BCUT2D eigenvalue weighted by molar-refractivity contribution is 5.95. The monoisotopic (exact) mass is 352 g/mol. The van der Waals surface area contributed by atoms with Gasteiger partial charge in [0.05, 0.1) is 17.8 Å². The number of halogens is 3. The molecular weight excluding hydrogens is 337 g/mol. The van der Waals surface area contributed by atoms with E-state index in [2.05, 4.69) is 5.10 Å². The van der Waals surface area contributed by atoms with Crippen LogP contribution in [0.15, 0.2) is 78.9 Å². The van der Waals surface area contributed by atoms with Crippen LogP contribution in [0.1, 0.15) is 11.1 Å². The predicted octanol–water partition coefficient (Wildman–Crippen LogP) is 5.77. The standard InChI is InChI=1S/C21H15F3N2/c22-21(23,24)18-13-7-12-17-19(18)25-26(14-15-8-3-1-4-9-15)20(17)16-10-5-2-6-11-16/h1-13H,14H2. The van der Waals surface area contributed by atoms with Crippen LogP contribution in [0, 0.1) is 0 Å². The van der Waals surface area contributed by atoms with Crippen molar-refractivity contribution in [3.8, 4) is 11.3 Å². The summed E-state index contributed by atoms with van der Waals surface area (Å²) in [5.41, 5.74) is 1.78. The van der Waals surface area contributed by atoms with Gasteiger partial charge in [-0.05, 0) is 11.6 Å². The molecule has 0 amide bonds. The van der Waals surface area contributed by atoms with E-state index in [-0.39, 0.29) is 5.52 Å². The Morgan fingerprint density at radius 3 is 2.08 bits per heavy atom. The molecule has 26 heavy (non-hydrogen) atoms. The molecule has 4 rings (SSSR count). The van der Waals surface area contributed by atoms with Crippen LogP contribution < -0.4 is 0 Å². The molecule has 0 atom stereocenters. The highest BCUT2D eigenvalue weighted by Gasteiger charge is 2.34. The van der Waals surface area contributed by atoms with Gasteiger partial charge in [-0.3, -0.25) is 4.68 Å². The number of nitrogens with zero attached hydrogens (tertiary/aromatic N) is 2. The van der Waals surface area contributed by atoms with Crippen LogP contribution in [0.2, 0.25) is 0 Å². The highest BCUT2D eigenvalue weighted by Crippen LogP contribution is 2.38. The van der Waals surface area contributed by atoms with Gasteiger partial charge >= 0.3 is 6.18 Å². The topological polar surface area (TPSA) is 17.8 Å². The van der Waals surface area contributed by atoms with E-state index in [1.807, 2.05) is 60.7 Å². The third-order valence-electron chi connectivity index (χ3n) is 4.30. The number of aromatic nitrogens is 2. The molecule has 2 nitrogen and oxygen atoms in total. The lowest BCUT2D eigenvalue weighted by atomic mass is 10.0. The first kappa shape index (κ1) is 16.4. The van der Waals surface area contributed by atoms with Crippen LogP contribution in [0.5, 0.6) is 0 Å². The molecule has 0 aliphatic rings. The third kappa shape index (κ3) is 2.96. The minimum absolute atomic E-state index is 0.0187. The molecule has 0 spiro atoms. The number of hydrogen-bond acceptors (Lipinski definition) is 1. The summed E-state index contributed by atoms with van der Waals surface area (Å²) in [5, 5.41) is 4.85. The second-order valence-corrected chi connectivity index (χ2v) is 6.06. The quantitative estimate of drug-likeness (QED) is 0.458. The summed E-state index contributed by atoms with van der Waals surface area (Å²) in [4.78, 5) is 0. The van der Waals surface area contributed by atoms with Gasteiger partial charge in [0.25, 0.3) is 0 Å². The smallest absolute Gasteiger partial charge is 0.259 e. The molecular formula is C21H15F3N2. The molecule has 0 unspecified atom stereocenters. The summed E-state index contributed by atoms with van der Waals surface area (Å²) in [6.45, 7) is 0.400. The van der Waals surface area contributed by atoms with E-state index >= 15 is 0 Å². The van der Waals surface area contributed by atoms with E-state index in [4.69, 9.17) is 0 Å². The second kappa shape index (κ2) is 6.33. The van der Waals surface area contributed by atoms with Gasteiger partial charge in [-0.1, -0.05) is 72.8 Å². The van der Waals surface area contributed by atoms with Gasteiger partial charge in [-0.2, -0.15) is 18.3 Å². The van der Waals surface area contributed by atoms with Crippen molar-refractivity contribution >= 4 is 10.9 Å². The average Bonchev–Trinajstić information content (AvgIpc) is 3.00. The van der Waals surface area contributed by atoms with E-state index < -0.39 is 11.7 Å². The molecule has 1 aromatic heterocycles. The fraction of sp³-hybridized carbons (Fsp3) is 0.0952. The first-order chi connectivity index (χ1) is 12.5. The summed E-state index contributed by atoms with van der Waals surface area (Å²) in [7, 11) is 0. The minimum Gasteiger partial charge on any atom is -0.259 e. The summed E-state index contributed by atoms with van der Waals surface area (Å²) in [6, 6.07) is 23.2. The number of alkyl halides is 3. The summed E-state index contributed by atoms with van der Waals surface area (Å²) in [5.74, 6) is 0. The Morgan fingerprint density at radius 2 is 1.42 bits per heavy atom. The summed E-state index contributed by atoms with van der Waals surface area (Å²) < 4.78 is 42.0. The number of hydrogen-bond donors (Lipinski definition) is 0. The molecule has 0 radical (unpaired) electrons. The zero-order chi connectivity index (χ0) is 18.1. The van der Waals surface area contributed by atoms with Gasteiger partial charge in [0, 0.05) is 10.9 Å². The molecule has 5 heteroatoms. The Morgan fingerprint density at radius 1 is 0.769 bits per heavy atom. The largest absolute Gasteiger partial charge is 0.418 e. The second-order valence-electron chi connectivity index (χ2n) is 6.06. The van der Waals surface area contributed by atoms with Gasteiger partial charge in [-0.25, -0.2) is 0 Å². The van der Waals surface area contributed by atoms with Crippen LogP contribution in [-0.4, -0.2) is 9.78 Å². The number of rotatable bonds is 3. The van der Waals surface area contributed by atoms with Gasteiger partial charge < -0.3 is 0 Å². The molecule has 0 N–H and O–H groups in total. The Balaban J connectivity index is 1.97. The van der Waals surface area contributed by atoms with Crippen molar-refractivity contribution in [3.05, 3.63) is 90.0 Å². The predicted molar refractivity (Wildman–Crippen MR) is 95.7 cm³/mol. The van der Waals surface area contributed by atoms with Crippen molar-refractivity contribution < 1.29 is 13.2 Å². The average molecular weight is 352 g/mol. The molecule has 1 heterocycles. The maximum Gasteiger partial charge on any atom is 0.418 e. The molecule has 0 saturated carbocycles. The zero-order valence-corrected chi connectivity index (χ0v) is 13.7. The Labute approximate surface area is 148 Å². The van der Waals surface area contributed by atoms with E-state index in [0.29, 0.717) is 17.6 Å². The summed E-state index contributed by atoms with van der Waals surface area (Å²) in [6.07, 6.45) is -4.45. The van der Waals surface area contributed by atoms with Crippen molar-refractivity contribution in [1.82, 2.24) is 9.78 Å². The van der Waals surface area contributed by atoms with E-state index in [1.54, 1.807) is 10.7 Å². The lowest BCUT2D eigenvalue weighted by Crippen LogP contribution is -2.06. The van der Waals surface area contributed by atoms with Crippen LogP contribution >= 0.6 is 0 Å². The first-order valence-corrected chi connectivity index (χ1v) is 8.20. The Hall–Kier alpha value is -3.08. The molecule has 0 aliphatic carbocycles. The van der Waals surface area contributed by atoms with Crippen LogP contribution in [0.25, 0.3) is 22.2 Å². The fourth-order valence-corrected chi connectivity index (χ4v) is 3.15. The van der Waals surface area contributed by atoms with Gasteiger partial charge in [0.15, 0.2) is 0 Å². The summed E-state index contributed by atoms with van der Waals surface area (Å²) >= 11 is 0. The lowest BCUT2D eigenvalue weighted by molar-refractivity contribution is -0.136. The molecule has 0 aliphatic heterocycles. The third-order valence-corrected chi connectivity index (χ3v) is 4.30. The molecule has 130 valence electrons. The molecule has 0 saturated heterocycles. The Kier molecular flexibility index (Phi) is 3.99. The number of benzene rings is 3. The van der Waals surface area contributed by atoms with Crippen LogP contribution in [-0.2, 0) is 12.7 Å². The van der Waals surface area contributed by atoms with Crippen molar-refractivity contribution in [2.45, 2.75) is 12.7 Å². The minimum atomic E-state index is -4.45. The molecule has 0 fully saturated rings. The lowest BCUT2D eigenvalue weighted by Gasteiger charge is -2.08. The van der Waals surface area contributed by atoms with Crippen molar-refractivity contribution in [3.63, 3.8) is 0 Å². The Bertz CT molecular complexity index is 1040. The maximum absolute atomic E-state index is 13.4. The highest BCUT2D eigenvalue weighted by atomic mass is 19.4. The maximum atomic E-state index is 13.4. The van der Waals surface area contributed by atoms with E-state index in [0.717, 1.165) is 17.2 Å². The fourth-order valence-electron chi connectivity index (χ4n) is 3.15. The number of fused-ring (bicyclic) bond motifs is 1. The zero-order valence-electron chi connectivity index (χ0n) is 13.7.